The summed E-state index contributed by atoms with van der Waals surface area (Å²) in [5.41, 5.74) is 0.500. The molecule has 0 saturated heterocycles. The van der Waals surface area contributed by atoms with Crippen molar-refractivity contribution in [2.24, 2.45) is 0 Å². The largest absolute Gasteiger partial charge is 0.478 e. The lowest BCUT2D eigenvalue weighted by molar-refractivity contribution is -0.131. The number of carboxylic acid groups (broad SMARTS) is 1. The Morgan fingerprint density at radius 3 is 3.27 bits per heavy atom. The minimum absolute atomic E-state index is 0.266. The monoisotopic (exact) mass is 150 g/mol. The van der Waals surface area contributed by atoms with Crippen molar-refractivity contribution < 1.29 is 11.3 Å². The summed E-state index contributed by atoms with van der Waals surface area (Å²) >= 11 is 0. The fraction of sp³-hybridized carbons (Fsp3) is 0. The Hall–Kier alpha value is -1.64. The summed E-state index contributed by atoms with van der Waals surface area (Å²) in [5, 5.41) is 8.30. The van der Waals surface area contributed by atoms with Crippen LogP contribution >= 0.6 is 0 Å². The van der Waals surface area contributed by atoms with Gasteiger partial charge < -0.3 is 5.11 Å². The van der Waals surface area contributed by atoms with Gasteiger partial charge in [0.05, 0.1) is 1.37 Å². The van der Waals surface area contributed by atoms with E-state index in [2.05, 4.69) is 4.98 Å². The summed E-state index contributed by atoms with van der Waals surface area (Å²) in [4.78, 5) is 13.9. The van der Waals surface area contributed by atoms with E-state index in [-0.39, 0.29) is 6.04 Å². The van der Waals surface area contributed by atoms with Gasteiger partial charge in [-0.05, 0) is 17.7 Å². The highest BCUT2D eigenvalue weighted by molar-refractivity contribution is 5.85. The summed E-state index contributed by atoms with van der Waals surface area (Å²) in [6, 6.07) is 1.77. The maximum atomic E-state index is 10.1. The van der Waals surface area contributed by atoms with Gasteiger partial charge in [0.2, 0.25) is 0 Å². The zero-order valence-electron chi connectivity index (χ0n) is 6.69. The number of hydrogen-bond acceptors (Lipinski definition) is 2. The summed E-state index contributed by atoms with van der Waals surface area (Å²) < 4.78 is 7.33. The molecule has 1 N–H and O–H groups in total. The van der Waals surface area contributed by atoms with Crippen molar-refractivity contribution in [1.82, 2.24) is 4.98 Å². The lowest BCUT2D eigenvalue weighted by atomic mass is 10.3. The Balaban J connectivity index is 2.89. The number of nitrogens with zero attached hydrogens (tertiary/aromatic N) is 1. The summed E-state index contributed by atoms with van der Waals surface area (Å²) in [6.45, 7) is 0. The van der Waals surface area contributed by atoms with E-state index in [0.29, 0.717) is 5.56 Å². The molecule has 0 spiro atoms. The maximum absolute atomic E-state index is 10.1. The summed E-state index contributed by atoms with van der Waals surface area (Å²) in [5.74, 6) is -1.03. The zero-order valence-corrected chi connectivity index (χ0v) is 5.69. The first-order valence-corrected chi connectivity index (χ1v) is 3.02. The lowest BCUT2D eigenvalue weighted by Gasteiger charge is -1.87. The second-order valence-electron chi connectivity index (χ2n) is 1.87. The van der Waals surface area contributed by atoms with Crippen molar-refractivity contribution in [3.63, 3.8) is 0 Å². The number of rotatable bonds is 2. The van der Waals surface area contributed by atoms with E-state index in [9.17, 15) is 4.79 Å². The molecule has 56 valence electrons. The van der Waals surface area contributed by atoms with E-state index in [4.69, 9.17) is 6.48 Å². The highest BCUT2D eigenvalue weighted by atomic mass is 16.4. The van der Waals surface area contributed by atoms with Gasteiger partial charge in [-0.15, -0.1) is 0 Å². The first kappa shape index (κ1) is 6.09. The van der Waals surface area contributed by atoms with E-state index in [0.717, 1.165) is 6.08 Å². The van der Waals surface area contributed by atoms with Crippen LogP contribution in [0.25, 0.3) is 6.08 Å². The first-order valence-electron chi connectivity index (χ1n) is 3.52. The van der Waals surface area contributed by atoms with Crippen molar-refractivity contribution in [2.45, 2.75) is 0 Å². The van der Waals surface area contributed by atoms with E-state index < -0.39 is 5.97 Å². The van der Waals surface area contributed by atoms with Gasteiger partial charge in [-0.25, -0.2) is 4.79 Å². The van der Waals surface area contributed by atoms with Crippen molar-refractivity contribution in [3.8, 4) is 0 Å². The van der Waals surface area contributed by atoms with Crippen molar-refractivity contribution in [3.05, 3.63) is 36.1 Å². The predicted octanol–water partition coefficient (Wildman–Crippen LogP) is 1.18. The minimum atomic E-state index is -1.03. The van der Waals surface area contributed by atoms with Crippen LogP contribution in [0.5, 0.6) is 0 Å². The summed E-state index contributed by atoms with van der Waals surface area (Å²) in [7, 11) is 0. The maximum Gasteiger partial charge on any atom is 0.328 e. The average molecular weight is 150 g/mol. The molecular weight excluding hydrogens is 142 g/mol. The third-order valence-corrected chi connectivity index (χ3v) is 1.03. The molecule has 0 fully saturated rings. The predicted molar refractivity (Wildman–Crippen MR) is 40.9 cm³/mol. The van der Waals surface area contributed by atoms with Crippen LogP contribution in [0.4, 0.5) is 0 Å². The molecule has 1 heterocycles. The highest BCUT2D eigenvalue weighted by Crippen LogP contribution is 1.97. The first-order chi connectivity index (χ1) is 5.70. The molecule has 0 bridgehead atoms. The van der Waals surface area contributed by atoms with Gasteiger partial charge in [0.25, 0.3) is 0 Å². The molecule has 1 aromatic heterocycles. The van der Waals surface area contributed by atoms with Crippen LogP contribution in [0.15, 0.2) is 30.6 Å². The van der Waals surface area contributed by atoms with Gasteiger partial charge in [0, 0.05) is 18.5 Å². The van der Waals surface area contributed by atoms with Gasteiger partial charge in [-0.2, -0.15) is 0 Å². The van der Waals surface area contributed by atoms with Crippen LogP contribution in [-0.2, 0) is 4.79 Å². The molecule has 0 aromatic carbocycles. The second-order valence-corrected chi connectivity index (χ2v) is 1.87. The van der Waals surface area contributed by atoms with E-state index >= 15 is 0 Å². The van der Waals surface area contributed by atoms with Gasteiger partial charge >= 0.3 is 5.97 Å². The Bertz CT molecular complexity index is 323. The van der Waals surface area contributed by atoms with Crippen molar-refractivity contribution in [1.29, 1.82) is 0 Å². The lowest BCUT2D eigenvalue weighted by Crippen LogP contribution is -1.85. The Kier molecular flexibility index (Phi) is 1.94. The fourth-order valence-electron chi connectivity index (χ4n) is 0.589. The molecule has 0 saturated carbocycles. The molecule has 0 unspecified atom stereocenters. The van der Waals surface area contributed by atoms with Gasteiger partial charge in [0.1, 0.15) is 0 Å². The molecule has 0 aliphatic carbocycles. The van der Waals surface area contributed by atoms with E-state index in [1.807, 2.05) is 0 Å². The van der Waals surface area contributed by atoms with E-state index in [1.165, 1.54) is 24.5 Å². The molecule has 0 radical (unpaired) electrons. The van der Waals surface area contributed by atoms with Crippen LogP contribution in [0.2, 0.25) is 0 Å². The normalized spacial score (nSPS) is 11.5. The average Bonchev–Trinajstić information content (AvgIpc) is 2.03. The Labute approximate surface area is 65.4 Å². The van der Waals surface area contributed by atoms with Crippen LogP contribution in [0.1, 0.15) is 6.93 Å². The molecule has 3 heteroatoms. The van der Waals surface area contributed by atoms with Gasteiger partial charge in [0.15, 0.2) is 0 Å². The standard InChI is InChI=1S/C8H7NO2/c10-8(11)4-3-7-2-1-5-9-6-7/h1-6H,(H,10,11)/b4-3+/i2D. The summed E-state index contributed by atoms with van der Waals surface area (Å²) in [6.07, 6.45) is 5.26. The Morgan fingerprint density at radius 2 is 2.64 bits per heavy atom. The molecule has 3 nitrogen and oxygen atoms in total. The number of carboxylic acids is 1. The third-order valence-electron chi connectivity index (χ3n) is 1.03. The molecular formula is C8H7NO2. The minimum Gasteiger partial charge on any atom is -0.478 e. The number of aliphatic carboxylic acids is 1. The molecule has 1 rings (SSSR count). The fourth-order valence-corrected chi connectivity index (χ4v) is 0.589. The molecule has 0 amide bonds. The number of pyridine rings is 1. The van der Waals surface area contributed by atoms with Gasteiger partial charge in [-0.1, -0.05) is 6.04 Å². The molecule has 0 aliphatic rings. The topological polar surface area (TPSA) is 50.2 Å². The Morgan fingerprint density at radius 1 is 1.82 bits per heavy atom. The highest BCUT2D eigenvalue weighted by Gasteiger charge is 1.86. The number of carbonyl (C=O) groups is 1. The smallest absolute Gasteiger partial charge is 0.328 e. The molecule has 1 aromatic rings. The molecule has 0 atom stereocenters. The van der Waals surface area contributed by atoms with Crippen LogP contribution in [0.3, 0.4) is 0 Å². The molecule has 11 heavy (non-hydrogen) atoms. The van der Waals surface area contributed by atoms with Crippen molar-refractivity contribution >= 4 is 12.0 Å². The zero-order chi connectivity index (χ0) is 8.97. The molecule has 0 aliphatic heterocycles. The van der Waals surface area contributed by atoms with Crippen LogP contribution in [0, 0.1) is 0 Å². The van der Waals surface area contributed by atoms with Crippen LogP contribution < -0.4 is 0 Å². The third kappa shape index (κ3) is 2.62. The van der Waals surface area contributed by atoms with Crippen molar-refractivity contribution in [2.75, 3.05) is 0 Å². The van der Waals surface area contributed by atoms with Gasteiger partial charge in [-0.3, -0.25) is 4.98 Å². The quantitative estimate of drug-likeness (QED) is 0.644. The number of hydrogen-bond donors (Lipinski definition) is 1. The van der Waals surface area contributed by atoms with Crippen LogP contribution in [-0.4, -0.2) is 16.1 Å². The SMILES string of the molecule is [2H]c1ccncc1/C=C/C(=O)O. The van der Waals surface area contributed by atoms with E-state index in [1.54, 1.807) is 0 Å². The number of aromatic nitrogens is 1. The second kappa shape index (κ2) is 3.51.